The minimum Gasteiger partial charge on any atom is -0.481 e. The number of carbonyl (C=O) groups is 1. The second-order valence-electron chi connectivity index (χ2n) is 13.8. The summed E-state index contributed by atoms with van der Waals surface area (Å²) in [7, 11) is 0. The van der Waals surface area contributed by atoms with Crippen LogP contribution in [0.4, 0.5) is 0 Å². The Kier molecular flexibility index (Phi) is 6.68. The van der Waals surface area contributed by atoms with E-state index in [1.54, 1.807) is 0 Å². The van der Waals surface area contributed by atoms with E-state index in [9.17, 15) is 25.2 Å². The minimum absolute atomic E-state index is 0.0309. The molecule has 0 aliphatic heterocycles. The molecule has 0 spiro atoms. The molecule has 198 valence electrons. The molecule has 4 rings (SSSR count). The first kappa shape index (κ1) is 26.9. The summed E-state index contributed by atoms with van der Waals surface area (Å²) in [6.45, 7) is 15.0. The fourth-order valence-electron chi connectivity index (χ4n) is 9.53. The summed E-state index contributed by atoms with van der Waals surface area (Å²) in [5, 5.41) is 44.4. The number of hydrogen-bond donors (Lipinski definition) is 4. The first-order valence-electron chi connectivity index (χ1n) is 13.7. The largest absolute Gasteiger partial charge is 0.481 e. The molecule has 0 aromatic carbocycles. The lowest BCUT2D eigenvalue weighted by molar-refractivity contribution is -0.169. The highest BCUT2D eigenvalue weighted by Crippen LogP contribution is 2.73. The molecular formula is C30H48O5. The van der Waals surface area contributed by atoms with Crippen LogP contribution in [0.5, 0.6) is 0 Å². The molecule has 5 nitrogen and oxygen atoms in total. The highest BCUT2D eigenvalue weighted by atomic mass is 16.4. The van der Waals surface area contributed by atoms with E-state index in [1.807, 2.05) is 13.8 Å². The maximum Gasteiger partial charge on any atom is 0.306 e. The van der Waals surface area contributed by atoms with E-state index in [0.29, 0.717) is 31.6 Å². The van der Waals surface area contributed by atoms with E-state index in [-0.39, 0.29) is 22.9 Å². The zero-order valence-corrected chi connectivity index (χ0v) is 22.8. The molecule has 4 aliphatic carbocycles. The topological polar surface area (TPSA) is 98.0 Å². The molecule has 0 aromatic rings. The van der Waals surface area contributed by atoms with Gasteiger partial charge in [-0.15, -0.1) is 0 Å². The zero-order chi connectivity index (χ0) is 26.1. The molecule has 5 heteroatoms. The summed E-state index contributed by atoms with van der Waals surface area (Å²) >= 11 is 0. The van der Waals surface area contributed by atoms with Gasteiger partial charge in [-0.2, -0.15) is 0 Å². The summed E-state index contributed by atoms with van der Waals surface area (Å²) in [6, 6.07) is 0. The van der Waals surface area contributed by atoms with Crippen molar-refractivity contribution in [1.29, 1.82) is 0 Å². The Morgan fingerprint density at radius 3 is 2.37 bits per heavy atom. The molecular weight excluding hydrogens is 440 g/mol. The fourth-order valence-corrected chi connectivity index (χ4v) is 9.53. The molecule has 0 unspecified atom stereocenters. The van der Waals surface area contributed by atoms with Crippen LogP contribution in [0.1, 0.15) is 93.4 Å². The molecule has 0 heterocycles. The molecule has 0 amide bonds. The Bertz CT molecular complexity index is 916. The minimum atomic E-state index is -0.872. The average Bonchev–Trinajstić information content (AvgIpc) is 2.96. The van der Waals surface area contributed by atoms with Gasteiger partial charge in [-0.25, -0.2) is 0 Å². The number of allylic oxidation sites excluding steroid dienone is 4. The average molecular weight is 489 g/mol. The number of aliphatic carboxylic acids is 1. The van der Waals surface area contributed by atoms with E-state index < -0.39 is 40.8 Å². The third-order valence-electron chi connectivity index (χ3n) is 11.7. The quantitative estimate of drug-likeness (QED) is 0.392. The molecule has 3 saturated carbocycles. The lowest BCUT2D eigenvalue weighted by atomic mass is 9.40. The van der Waals surface area contributed by atoms with Crippen molar-refractivity contribution in [1.82, 2.24) is 0 Å². The van der Waals surface area contributed by atoms with Crippen molar-refractivity contribution in [2.45, 2.75) is 112 Å². The predicted molar refractivity (Wildman–Crippen MR) is 138 cm³/mol. The molecule has 4 aliphatic rings. The van der Waals surface area contributed by atoms with Gasteiger partial charge in [0.15, 0.2) is 0 Å². The van der Waals surface area contributed by atoms with E-state index in [1.165, 1.54) is 5.57 Å². The molecule has 0 aromatic heterocycles. The lowest BCUT2D eigenvalue weighted by Gasteiger charge is -2.65. The maximum atomic E-state index is 12.5. The van der Waals surface area contributed by atoms with E-state index in [4.69, 9.17) is 0 Å². The number of carboxylic acids is 1. The molecule has 0 bridgehead atoms. The van der Waals surface area contributed by atoms with Crippen LogP contribution in [-0.2, 0) is 4.79 Å². The van der Waals surface area contributed by atoms with Crippen molar-refractivity contribution in [2.24, 2.45) is 45.3 Å². The number of aliphatic hydroxyl groups excluding tert-OH is 3. The summed E-state index contributed by atoms with van der Waals surface area (Å²) in [5.41, 5.74) is 1.09. The Hall–Kier alpha value is -1.17. The SMILES string of the molecule is CC(C)=CCC[C@@H](C(=O)O)[C@@H]1[C@@H](O)C[C@]2(C)C3=CC[C@H]4C(C)(C)[C@@H](O)CC[C@]4(C)[C@H]3C[C@@H](O)[C@@]12C. The van der Waals surface area contributed by atoms with Gasteiger partial charge in [-0.3, -0.25) is 4.79 Å². The third kappa shape index (κ3) is 3.70. The Balaban J connectivity index is 1.76. The number of hydrogen-bond acceptors (Lipinski definition) is 4. The van der Waals surface area contributed by atoms with Crippen LogP contribution in [0.2, 0.25) is 0 Å². The van der Waals surface area contributed by atoms with Gasteiger partial charge < -0.3 is 20.4 Å². The van der Waals surface area contributed by atoms with E-state index in [0.717, 1.165) is 24.8 Å². The number of carboxylic acid groups (broad SMARTS) is 1. The zero-order valence-electron chi connectivity index (χ0n) is 22.8. The van der Waals surface area contributed by atoms with E-state index >= 15 is 0 Å². The fraction of sp³-hybridized carbons (Fsp3) is 0.833. The van der Waals surface area contributed by atoms with Crippen molar-refractivity contribution in [3.05, 3.63) is 23.3 Å². The van der Waals surface area contributed by atoms with Gasteiger partial charge in [-0.05, 0) is 86.9 Å². The van der Waals surface area contributed by atoms with Crippen molar-refractivity contribution in [2.75, 3.05) is 0 Å². The van der Waals surface area contributed by atoms with Gasteiger partial charge in [-0.1, -0.05) is 57.9 Å². The van der Waals surface area contributed by atoms with Crippen LogP contribution in [0, 0.1) is 45.3 Å². The molecule has 10 atom stereocenters. The molecule has 0 saturated heterocycles. The predicted octanol–water partition coefficient (Wildman–Crippen LogP) is 5.34. The molecule has 3 fully saturated rings. The van der Waals surface area contributed by atoms with Crippen LogP contribution >= 0.6 is 0 Å². The summed E-state index contributed by atoms with van der Waals surface area (Å²) in [6.07, 6.45) is 7.45. The highest BCUT2D eigenvalue weighted by Gasteiger charge is 2.71. The van der Waals surface area contributed by atoms with Gasteiger partial charge in [0, 0.05) is 11.3 Å². The van der Waals surface area contributed by atoms with Crippen molar-refractivity contribution in [3.63, 3.8) is 0 Å². The highest BCUT2D eigenvalue weighted by molar-refractivity contribution is 5.71. The van der Waals surface area contributed by atoms with Crippen molar-refractivity contribution < 1.29 is 25.2 Å². The summed E-state index contributed by atoms with van der Waals surface area (Å²) in [4.78, 5) is 12.5. The van der Waals surface area contributed by atoms with Gasteiger partial charge in [0.25, 0.3) is 0 Å². The van der Waals surface area contributed by atoms with Crippen LogP contribution in [-0.4, -0.2) is 44.7 Å². The van der Waals surface area contributed by atoms with Crippen LogP contribution in [0.15, 0.2) is 23.3 Å². The van der Waals surface area contributed by atoms with Crippen LogP contribution in [0.25, 0.3) is 0 Å². The summed E-state index contributed by atoms with van der Waals surface area (Å²) in [5.74, 6) is -1.56. The van der Waals surface area contributed by atoms with E-state index in [2.05, 4.69) is 46.8 Å². The number of aliphatic hydroxyl groups is 3. The lowest BCUT2D eigenvalue weighted by Crippen LogP contribution is -2.62. The maximum absolute atomic E-state index is 12.5. The van der Waals surface area contributed by atoms with Crippen LogP contribution < -0.4 is 0 Å². The normalized spacial score (nSPS) is 47.1. The Labute approximate surface area is 211 Å². The first-order valence-corrected chi connectivity index (χ1v) is 13.7. The first-order chi connectivity index (χ1) is 16.1. The number of rotatable bonds is 5. The standard InChI is InChI=1S/C30H48O5/c1-17(2)9-8-10-18(26(34)35)25-21(31)16-29(6)19-11-12-22-27(3,4)23(32)13-14-28(22,5)20(19)15-24(33)30(25,29)7/h9,11,18,20-25,31-33H,8,10,12-16H2,1-7H3,(H,34,35)/t18-,20+,21+,22+,23+,24-,25-,28-,29-,30+/m1/s1. The third-order valence-corrected chi connectivity index (χ3v) is 11.7. The van der Waals surface area contributed by atoms with Crippen LogP contribution in [0.3, 0.4) is 0 Å². The number of fused-ring (bicyclic) bond motifs is 5. The van der Waals surface area contributed by atoms with Gasteiger partial charge in [0.1, 0.15) is 0 Å². The van der Waals surface area contributed by atoms with Crippen molar-refractivity contribution >= 4 is 5.97 Å². The monoisotopic (exact) mass is 488 g/mol. The molecule has 4 N–H and O–H groups in total. The van der Waals surface area contributed by atoms with Gasteiger partial charge >= 0.3 is 5.97 Å². The second-order valence-corrected chi connectivity index (χ2v) is 13.8. The second kappa shape index (κ2) is 8.70. The molecule has 35 heavy (non-hydrogen) atoms. The van der Waals surface area contributed by atoms with Gasteiger partial charge in [0.2, 0.25) is 0 Å². The van der Waals surface area contributed by atoms with Crippen molar-refractivity contribution in [3.8, 4) is 0 Å². The Morgan fingerprint density at radius 1 is 1.11 bits per heavy atom. The molecule has 0 radical (unpaired) electrons. The summed E-state index contributed by atoms with van der Waals surface area (Å²) < 4.78 is 0. The Morgan fingerprint density at radius 2 is 1.77 bits per heavy atom. The van der Waals surface area contributed by atoms with Gasteiger partial charge in [0.05, 0.1) is 24.2 Å². The smallest absolute Gasteiger partial charge is 0.306 e.